The van der Waals surface area contributed by atoms with Crippen LogP contribution in [-0.2, 0) is 4.79 Å². The lowest BCUT2D eigenvalue weighted by Crippen LogP contribution is -2.37. The topological polar surface area (TPSA) is 72.3 Å². The normalized spacial score (nSPS) is 9.27. The van der Waals surface area contributed by atoms with Gasteiger partial charge in [0.05, 0.1) is 0 Å². The average Bonchev–Trinajstić information content (AvgIpc) is 2.03. The van der Waals surface area contributed by atoms with Crippen LogP contribution < -0.4 is 11.5 Å². The summed E-state index contributed by atoms with van der Waals surface area (Å²) in [4.78, 5) is 12.6. The fraction of sp³-hybridized carbons (Fsp3) is 0.571. The minimum absolute atomic E-state index is 0.110. The lowest BCUT2D eigenvalue weighted by Gasteiger charge is -2.18. The van der Waals surface area contributed by atoms with Gasteiger partial charge in [-0.2, -0.15) is 0 Å². The maximum Gasteiger partial charge on any atom is 0.246 e. The molecule has 0 saturated heterocycles. The highest BCUT2D eigenvalue weighted by Crippen LogP contribution is 1.87. The molecule has 11 heavy (non-hydrogen) atoms. The van der Waals surface area contributed by atoms with Crippen LogP contribution in [0.5, 0.6) is 0 Å². The third kappa shape index (κ3) is 3.75. The molecule has 0 radical (unpaired) electrons. The molecule has 0 aromatic carbocycles. The van der Waals surface area contributed by atoms with E-state index in [1.165, 1.54) is 6.08 Å². The first kappa shape index (κ1) is 10.1. The van der Waals surface area contributed by atoms with Crippen LogP contribution in [0.3, 0.4) is 0 Å². The molecule has 4 nitrogen and oxygen atoms in total. The molecule has 0 aliphatic rings. The molecule has 4 heteroatoms. The SMILES string of the molecule is C=CC(=O)N(CCN)CCN. The number of hydrogen-bond donors (Lipinski definition) is 2. The van der Waals surface area contributed by atoms with Crippen molar-refractivity contribution in [1.82, 2.24) is 4.90 Å². The van der Waals surface area contributed by atoms with Gasteiger partial charge in [-0.3, -0.25) is 4.79 Å². The Kier molecular flexibility index (Phi) is 5.42. The summed E-state index contributed by atoms with van der Waals surface area (Å²) in [6.07, 6.45) is 1.27. The molecule has 0 rings (SSSR count). The van der Waals surface area contributed by atoms with E-state index in [2.05, 4.69) is 6.58 Å². The third-order valence-corrected chi connectivity index (χ3v) is 1.28. The van der Waals surface area contributed by atoms with Gasteiger partial charge in [-0.1, -0.05) is 6.58 Å². The Bertz CT molecular complexity index is 130. The maximum absolute atomic E-state index is 11.0. The van der Waals surface area contributed by atoms with Gasteiger partial charge in [0, 0.05) is 26.2 Å². The highest BCUT2D eigenvalue weighted by molar-refractivity contribution is 5.86. The van der Waals surface area contributed by atoms with Crippen LogP contribution in [0.2, 0.25) is 0 Å². The maximum atomic E-state index is 11.0. The van der Waals surface area contributed by atoms with Gasteiger partial charge in [0.1, 0.15) is 0 Å². The van der Waals surface area contributed by atoms with E-state index in [1.807, 2.05) is 0 Å². The van der Waals surface area contributed by atoms with Crippen LogP contribution >= 0.6 is 0 Å². The van der Waals surface area contributed by atoms with Crippen LogP contribution in [0, 0.1) is 0 Å². The summed E-state index contributed by atoms with van der Waals surface area (Å²) in [5.41, 5.74) is 10.6. The zero-order chi connectivity index (χ0) is 8.69. The molecule has 0 unspecified atom stereocenters. The lowest BCUT2D eigenvalue weighted by molar-refractivity contribution is -0.125. The minimum atomic E-state index is -0.110. The monoisotopic (exact) mass is 157 g/mol. The van der Waals surface area contributed by atoms with Crippen molar-refractivity contribution in [3.05, 3.63) is 12.7 Å². The Balaban J connectivity index is 3.86. The first-order chi connectivity index (χ1) is 5.26. The van der Waals surface area contributed by atoms with Gasteiger partial charge >= 0.3 is 0 Å². The second-order valence-electron chi connectivity index (χ2n) is 2.11. The molecule has 64 valence electrons. The van der Waals surface area contributed by atoms with Gasteiger partial charge in [-0.05, 0) is 6.08 Å². The Morgan fingerprint density at radius 1 is 1.36 bits per heavy atom. The Morgan fingerprint density at radius 2 is 1.82 bits per heavy atom. The molecule has 0 saturated carbocycles. The summed E-state index contributed by atoms with van der Waals surface area (Å²) in [5.74, 6) is -0.110. The second kappa shape index (κ2) is 5.88. The minimum Gasteiger partial charge on any atom is -0.337 e. The van der Waals surface area contributed by atoms with E-state index in [1.54, 1.807) is 4.90 Å². The molecule has 0 aliphatic heterocycles. The third-order valence-electron chi connectivity index (χ3n) is 1.28. The number of nitrogens with two attached hydrogens (primary N) is 2. The molecule has 0 aromatic heterocycles. The van der Waals surface area contributed by atoms with Crippen molar-refractivity contribution in [1.29, 1.82) is 0 Å². The molecule has 0 aromatic rings. The summed E-state index contributed by atoms with van der Waals surface area (Å²) in [7, 11) is 0. The molecule has 0 bridgehead atoms. The van der Waals surface area contributed by atoms with Gasteiger partial charge < -0.3 is 16.4 Å². The highest BCUT2D eigenvalue weighted by atomic mass is 16.2. The first-order valence-electron chi connectivity index (χ1n) is 3.57. The van der Waals surface area contributed by atoms with Crippen molar-refractivity contribution in [3.63, 3.8) is 0 Å². The second-order valence-corrected chi connectivity index (χ2v) is 2.11. The van der Waals surface area contributed by atoms with Gasteiger partial charge in [-0.15, -0.1) is 0 Å². The van der Waals surface area contributed by atoms with E-state index < -0.39 is 0 Å². The van der Waals surface area contributed by atoms with Crippen LogP contribution in [-0.4, -0.2) is 37.0 Å². The number of carbonyl (C=O) groups is 1. The summed E-state index contributed by atoms with van der Waals surface area (Å²) in [5, 5.41) is 0. The average molecular weight is 157 g/mol. The predicted molar refractivity (Wildman–Crippen MR) is 44.9 cm³/mol. The van der Waals surface area contributed by atoms with Gasteiger partial charge in [0.15, 0.2) is 0 Å². The van der Waals surface area contributed by atoms with Gasteiger partial charge in [0.2, 0.25) is 5.91 Å². The number of rotatable bonds is 5. The number of amides is 1. The zero-order valence-corrected chi connectivity index (χ0v) is 6.62. The summed E-state index contributed by atoms with van der Waals surface area (Å²) in [6, 6.07) is 0. The summed E-state index contributed by atoms with van der Waals surface area (Å²) >= 11 is 0. The molecule has 0 atom stereocenters. The van der Waals surface area contributed by atoms with E-state index >= 15 is 0 Å². The summed E-state index contributed by atoms with van der Waals surface area (Å²) in [6.45, 7) is 5.38. The molecule has 0 spiro atoms. The fourth-order valence-electron chi connectivity index (χ4n) is 0.773. The number of nitrogens with zero attached hydrogens (tertiary/aromatic N) is 1. The van der Waals surface area contributed by atoms with E-state index in [0.29, 0.717) is 26.2 Å². The van der Waals surface area contributed by atoms with E-state index in [-0.39, 0.29) is 5.91 Å². The zero-order valence-electron chi connectivity index (χ0n) is 6.62. The van der Waals surface area contributed by atoms with Crippen LogP contribution in [0.15, 0.2) is 12.7 Å². The van der Waals surface area contributed by atoms with Crippen LogP contribution in [0.1, 0.15) is 0 Å². The van der Waals surface area contributed by atoms with E-state index in [4.69, 9.17) is 11.5 Å². The predicted octanol–water partition coefficient (Wildman–Crippen LogP) is -1.08. The van der Waals surface area contributed by atoms with Crippen molar-refractivity contribution in [3.8, 4) is 0 Å². The van der Waals surface area contributed by atoms with E-state index in [9.17, 15) is 4.79 Å². The van der Waals surface area contributed by atoms with Gasteiger partial charge in [-0.25, -0.2) is 0 Å². The van der Waals surface area contributed by atoms with Crippen molar-refractivity contribution < 1.29 is 4.79 Å². The standard InChI is InChI=1S/C7H15N3O/c1-2-7(11)10(5-3-8)6-4-9/h2H,1,3-6,8-9H2. The van der Waals surface area contributed by atoms with E-state index in [0.717, 1.165) is 0 Å². The smallest absolute Gasteiger partial charge is 0.246 e. The number of carbonyl (C=O) groups excluding carboxylic acids is 1. The summed E-state index contributed by atoms with van der Waals surface area (Å²) < 4.78 is 0. The Hall–Kier alpha value is -0.870. The molecule has 1 amide bonds. The van der Waals surface area contributed by atoms with Crippen molar-refractivity contribution in [2.75, 3.05) is 26.2 Å². The van der Waals surface area contributed by atoms with Crippen LogP contribution in [0.25, 0.3) is 0 Å². The highest BCUT2D eigenvalue weighted by Gasteiger charge is 2.06. The molecule has 0 heterocycles. The molecular formula is C7H15N3O. The van der Waals surface area contributed by atoms with Crippen molar-refractivity contribution >= 4 is 5.91 Å². The van der Waals surface area contributed by atoms with Crippen molar-refractivity contribution in [2.24, 2.45) is 11.5 Å². The molecule has 0 fully saturated rings. The Morgan fingerprint density at radius 3 is 2.09 bits per heavy atom. The van der Waals surface area contributed by atoms with Crippen molar-refractivity contribution in [2.45, 2.75) is 0 Å². The molecular weight excluding hydrogens is 142 g/mol. The fourth-order valence-corrected chi connectivity index (χ4v) is 0.773. The lowest BCUT2D eigenvalue weighted by atomic mass is 10.4. The number of hydrogen-bond acceptors (Lipinski definition) is 3. The van der Waals surface area contributed by atoms with Crippen LogP contribution in [0.4, 0.5) is 0 Å². The molecule has 0 aliphatic carbocycles. The van der Waals surface area contributed by atoms with Gasteiger partial charge in [0.25, 0.3) is 0 Å². The largest absolute Gasteiger partial charge is 0.337 e. The Labute approximate surface area is 66.8 Å². The molecule has 4 N–H and O–H groups in total. The quantitative estimate of drug-likeness (QED) is 0.498. The first-order valence-corrected chi connectivity index (χ1v) is 3.57.